The normalized spacial score (nSPS) is 10.9. The van der Waals surface area contributed by atoms with Crippen molar-refractivity contribution in [3.8, 4) is 22.5 Å². The van der Waals surface area contributed by atoms with E-state index in [9.17, 15) is 4.79 Å². The standard InChI is InChI=1S/C35H27N3O/c39-35(38(24-26-13-5-1-6-14-26)25-27-15-7-2-8-16-27)30-21-22-31-32(23-30)37-34(29-19-11-4-12-20-29)33(36-31)28-17-9-3-10-18-28/h1-23H,24-25H2. The molecule has 0 aliphatic rings. The molecular weight excluding hydrogens is 478 g/mol. The minimum atomic E-state index is -0.0418. The van der Waals surface area contributed by atoms with Gasteiger partial charge in [-0.2, -0.15) is 0 Å². The summed E-state index contributed by atoms with van der Waals surface area (Å²) in [5, 5.41) is 0. The molecule has 1 amide bonds. The van der Waals surface area contributed by atoms with Gasteiger partial charge in [0.25, 0.3) is 5.91 Å². The van der Waals surface area contributed by atoms with Gasteiger partial charge in [-0.3, -0.25) is 4.79 Å². The highest BCUT2D eigenvalue weighted by Crippen LogP contribution is 2.31. The molecule has 39 heavy (non-hydrogen) atoms. The minimum absolute atomic E-state index is 0.0418. The highest BCUT2D eigenvalue weighted by atomic mass is 16.2. The lowest BCUT2D eigenvalue weighted by Crippen LogP contribution is -2.30. The van der Waals surface area contributed by atoms with E-state index in [1.165, 1.54) is 0 Å². The first-order valence-corrected chi connectivity index (χ1v) is 13.0. The molecule has 0 fully saturated rings. The van der Waals surface area contributed by atoms with Gasteiger partial charge in [-0.25, -0.2) is 9.97 Å². The van der Waals surface area contributed by atoms with E-state index in [0.29, 0.717) is 24.2 Å². The van der Waals surface area contributed by atoms with Crippen LogP contribution in [-0.2, 0) is 13.1 Å². The van der Waals surface area contributed by atoms with Gasteiger partial charge in [0.1, 0.15) is 0 Å². The van der Waals surface area contributed by atoms with Gasteiger partial charge < -0.3 is 4.90 Å². The van der Waals surface area contributed by atoms with Crippen LogP contribution in [0.15, 0.2) is 140 Å². The summed E-state index contributed by atoms with van der Waals surface area (Å²) in [6, 6.07) is 46.0. The first-order chi connectivity index (χ1) is 19.2. The number of carbonyl (C=O) groups is 1. The minimum Gasteiger partial charge on any atom is -0.330 e. The molecule has 0 saturated heterocycles. The second-order valence-electron chi connectivity index (χ2n) is 9.49. The van der Waals surface area contributed by atoms with E-state index in [1.54, 1.807) is 0 Å². The Bertz CT molecular complexity index is 1660. The molecule has 5 aromatic carbocycles. The van der Waals surface area contributed by atoms with Crippen LogP contribution in [0.3, 0.4) is 0 Å². The van der Waals surface area contributed by atoms with Crippen molar-refractivity contribution in [3.63, 3.8) is 0 Å². The van der Waals surface area contributed by atoms with E-state index in [2.05, 4.69) is 0 Å². The third kappa shape index (κ3) is 5.46. The Morgan fingerprint density at radius 2 is 0.949 bits per heavy atom. The number of carbonyl (C=O) groups excluding carboxylic acids is 1. The van der Waals surface area contributed by atoms with Crippen molar-refractivity contribution < 1.29 is 4.79 Å². The lowest BCUT2D eigenvalue weighted by Gasteiger charge is -2.23. The Morgan fingerprint density at radius 1 is 0.513 bits per heavy atom. The van der Waals surface area contributed by atoms with Crippen LogP contribution >= 0.6 is 0 Å². The van der Waals surface area contributed by atoms with Crippen LogP contribution in [0.2, 0.25) is 0 Å². The number of benzene rings is 5. The average molecular weight is 506 g/mol. The van der Waals surface area contributed by atoms with E-state index in [1.807, 2.05) is 144 Å². The van der Waals surface area contributed by atoms with Crippen molar-refractivity contribution in [2.45, 2.75) is 13.1 Å². The fourth-order valence-electron chi connectivity index (χ4n) is 4.77. The molecule has 0 spiro atoms. The molecular formula is C35H27N3O. The molecule has 1 aromatic heterocycles. The van der Waals surface area contributed by atoms with Gasteiger partial charge >= 0.3 is 0 Å². The molecule has 0 bridgehead atoms. The molecule has 0 unspecified atom stereocenters. The Kier molecular flexibility index (Phi) is 6.91. The Labute approximate surface area is 228 Å². The van der Waals surface area contributed by atoms with Crippen LogP contribution < -0.4 is 0 Å². The van der Waals surface area contributed by atoms with Crippen LogP contribution in [0.1, 0.15) is 21.5 Å². The SMILES string of the molecule is O=C(c1ccc2nc(-c3ccccc3)c(-c3ccccc3)nc2c1)N(Cc1ccccc1)Cc1ccccc1. The van der Waals surface area contributed by atoms with Crippen LogP contribution in [0, 0.1) is 0 Å². The van der Waals surface area contributed by atoms with Gasteiger partial charge in [0.05, 0.1) is 22.4 Å². The second kappa shape index (κ2) is 11.1. The molecule has 0 radical (unpaired) electrons. The van der Waals surface area contributed by atoms with E-state index < -0.39 is 0 Å². The fourth-order valence-corrected chi connectivity index (χ4v) is 4.77. The summed E-state index contributed by atoms with van der Waals surface area (Å²) in [4.78, 5) is 25.9. The van der Waals surface area contributed by atoms with Crippen LogP contribution in [-0.4, -0.2) is 20.8 Å². The van der Waals surface area contributed by atoms with Crippen molar-refractivity contribution in [2.24, 2.45) is 0 Å². The summed E-state index contributed by atoms with van der Waals surface area (Å²) in [6.07, 6.45) is 0. The Balaban J connectivity index is 1.41. The van der Waals surface area contributed by atoms with E-state index in [0.717, 1.165) is 39.2 Å². The Hall–Kier alpha value is -5.09. The van der Waals surface area contributed by atoms with Crippen LogP contribution in [0.5, 0.6) is 0 Å². The third-order valence-corrected chi connectivity index (χ3v) is 6.73. The van der Waals surface area contributed by atoms with Crippen LogP contribution in [0.4, 0.5) is 0 Å². The molecule has 4 heteroatoms. The first kappa shape index (κ1) is 24.3. The summed E-state index contributed by atoms with van der Waals surface area (Å²) in [7, 11) is 0. The molecule has 1 heterocycles. The lowest BCUT2D eigenvalue weighted by atomic mass is 10.0. The summed E-state index contributed by atoms with van der Waals surface area (Å²) in [6.45, 7) is 1.03. The van der Waals surface area contributed by atoms with Crippen molar-refractivity contribution in [2.75, 3.05) is 0 Å². The molecule has 6 aromatic rings. The van der Waals surface area contributed by atoms with Crippen molar-refractivity contribution in [1.82, 2.24) is 14.9 Å². The molecule has 188 valence electrons. The summed E-state index contributed by atoms with van der Waals surface area (Å²) in [5.74, 6) is -0.0418. The van der Waals surface area contributed by atoms with Gasteiger partial charge in [-0.15, -0.1) is 0 Å². The molecule has 0 N–H and O–H groups in total. The molecule has 0 atom stereocenters. The smallest absolute Gasteiger partial charge is 0.254 e. The number of nitrogens with zero attached hydrogens (tertiary/aromatic N) is 3. The Morgan fingerprint density at radius 3 is 1.44 bits per heavy atom. The monoisotopic (exact) mass is 505 g/mol. The average Bonchev–Trinajstić information content (AvgIpc) is 3.01. The maximum atomic E-state index is 13.9. The maximum Gasteiger partial charge on any atom is 0.254 e. The van der Waals surface area contributed by atoms with E-state index in [-0.39, 0.29) is 5.91 Å². The lowest BCUT2D eigenvalue weighted by molar-refractivity contribution is 0.0730. The van der Waals surface area contributed by atoms with Gasteiger partial charge in [-0.1, -0.05) is 121 Å². The highest BCUT2D eigenvalue weighted by Gasteiger charge is 2.19. The zero-order chi connectivity index (χ0) is 26.4. The van der Waals surface area contributed by atoms with Gasteiger partial charge in [0.2, 0.25) is 0 Å². The number of aromatic nitrogens is 2. The number of hydrogen-bond donors (Lipinski definition) is 0. The van der Waals surface area contributed by atoms with E-state index >= 15 is 0 Å². The summed E-state index contributed by atoms with van der Waals surface area (Å²) >= 11 is 0. The predicted octanol–water partition coefficient (Wildman–Crippen LogP) is 7.81. The molecule has 4 nitrogen and oxygen atoms in total. The summed E-state index contributed by atoms with van der Waals surface area (Å²) in [5.41, 5.74) is 7.81. The quantitative estimate of drug-likeness (QED) is 0.222. The molecule has 0 saturated carbocycles. The zero-order valence-corrected chi connectivity index (χ0v) is 21.4. The number of rotatable bonds is 7. The van der Waals surface area contributed by atoms with Crippen molar-refractivity contribution in [3.05, 3.63) is 156 Å². The van der Waals surface area contributed by atoms with Gasteiger partial charge in [0.15, 0.2) is 0 Å². The zero-order valence-electron chi connectivity index (χ0n) is 21.4. The fraction of sp³-hybridized carbons (Fsp3) is 0.0571. The maximum absolute atomic E-state index is 13.9. The molecule has 0 aliphatic carbocycles. The number of hydrogen-bond acceptors (Lipinski definition) is 3. The number of amides is 1. The van der Waals surface area contributed by atoms with Crippen LogP contribution in [0.25, 0.3) is 33.5 Å². The largest absolute Gasteiger partial charge is 0.330 e. The van der Waals surface area contributed by atoms with E-state index in [4.69, 9.17) is 9.97 Å². The molecule has 6 rings (SSSR count). The third-order valence-electron chi connectivity index (χ3n) is 6.73. The molecule has 0 aliphatic heterocycles. The first-order valence-electron chi connectivity index (χ1n) is 13.0. The second-order valence-corrected chi connectivity index (χ2v) is 9.49. The van der Waals surface area contributed by atoms with Gasteiger partial charge in [0, 0.05) is 29.8 Å². The topological polar surface area (TPSA) is 46.1 Å². The predicted molar refractivity (Wildman–Crippen MR) is 157 cm³/mol. The highest BCUT2D eigenvalue weighted by molar-refractivity contribution is 5.98. The number of fused-ring (bicyclic) bond motifs is 1. The van der Waals surface area contributed by atoms with Crippen molar-refractivity contribution >= 4 is 16.9 Å². The van der Waals surface area contributed by atoms with Gasteiger partial charge in [-0.05, 0) is 29.3 Å². The summed E-state index contributed by atoms with van der Waals surface area (Å²) < 4.78 is 0. The van der Waals surface area contributed by atoms with Crippen molar-refractivity contribution in [1.29, 1.82) is 0 Å².